The number of thiophene rings is 1. The van der Waals surface area contributed by atoms with Gasteiger partial charge in [0.1, 0.15) is 16.6 Å². The van der Waals surface area contributed by atoms with Crippen LogP contribution in [0.3, 0.4) is 0 Å². The molecule has 1 aromatic heterocycles. The van der Waals surface area contributed by atoms with Gasteiger partial charge < -0.3 is 10.6 Å². The highest BCUT2D eigenvalue weighted by Crippen LogP contribution is 2.28. The molecule has 10 heteroatoms. The Morgan fingerprint density at radius 1 is 1.03 bits per heavy atom. The summed E-state index contributed by atoms with van der Waals surface area (Å²) in [6.45, 7) is 2.93. The molecule has 3 aromatic rings. The van der Waals surface area contributed by atoms with Gasteiger partial charge in [0.05, 0.1) is 16.9 Å². The van der Waals surface area contributed by atoms with Gasteiger partial charge in [0, 0.05) is 6.04 Å². The normalized spacial score (nSPS) is 11.2. The maximum absolute atomic E-state index is 14.5. The SMILES string of the molecule is CC(C)NC(=O)c1ccccc1NC(=O)CN(c1ccccc1F)S(=O)(=O)c1cccs1. The highest BCUT2D eigenvalue weighted by atomic mass is 32.2. The predicted octanol–water partition coefficient (Wildman–Crippen LogP) is 3.86. The zero-order chi connectivity index (χ0) is 23.3. The van der Waals surface area contributed by atoms with Crippen molar-refractivity contribution in [1.82, 2.24) is 5.32 Å². The minimum atomic E-state index is -4.19. The molecule has 0 aliphatic carbocycles. The topological polar surface area (TPSA) is 95.6 Å². The van der Waals surface area contributed by atoms with Crippen LogP contribution in [0.5, 0.6) is 0 Å². The first kappa shape index (κ1) is 23.4. The van der Waals surface area contributed by atoms with E-state index >= 15 is 0 Å². The zero-order valence-corrected chi connectivity index (χ0v) is 19.0. The summed E-state index contributed by atoms with van der Waals surface area (Å²) < 4.78 is 41.5. The van der Waals surface area contributed by atoms with Crippen LogP contribution in [0.15, 0.2) is 70.3 Å². The van der Waals surface area contributed by atoms with Gasteiger partial charge in [-0.05, 0) is 49.6 Å². The number of para-hydroxylation sites is 2. The van der Waals surface area contributed by atoms with E-state index in [2.05, 4.69) is 10.6 Å². The lowest BCUT2D eigenvalue weighted by molar-refractivity contribution is -0.114. The first-order valence-corrected chi connectivity index (χ1v) is 12.0. The number of benzene rings is 2. The fourth-order valence-corrected chi connectivity index (χ4v) is 5.46. The summed E-state index contributed by atoms with van der Waals surface area (Å²) >= 11 is 0.965. The maximum atomic E-state index is 14.5. The Hall–Kier alpha value is -3.24. The van der Waals surface area contributed by atoms with E-state index in [0.29, 0.717) is 0 Å². The fourth-order valence-electron chi connectivity index (χ4n) is 2.92. The summed E-state index contributed by atoms with van der Waals surface area (Å²) in [6.07, 6.45) is 0. The number of amides is 2. The van der Waals surface area contributed by atoms with Gasteiger partial charge in [0.15, 0.2) is 0 Å². The molecule has 3 rings (SSSR count). The molecular weight excluding hydrogens is 453 g/mol. The Balaban J connectivity index is 1.91. The van der Waals surface area contributed by atoms with Crippen LogP contribution in [0.2, 0.25) is 0 Å². The van der Waals surface area contributed by atoms with Gasteiger partial charge in [-0.15, -0.1) is 11.3 Å². The lowest BCUT2D eigenvalue weighted by Gasteiger charge is -2.24. The summed E-state index contributed by atoms with van der Waals surface area (Å²) in [5.41, 5.74) is 0.202. The number of carbonyl (C=O) groups is 2. The van der Waals surface area contributed by atoms with Crippen LogP contribution < -0.4 is 14.9 Å². The van der Waals surface area contributed by atoms with Gasteiger partial charge in [-0.25, -0.2) is 12.8 Å². The molecule has 0 aliphatic rings. The third-order valence-electron chi connectivity index (χ3n) is 4.31. The molecule has 2 aromatic carbocycles. The lowest BCUT2D eigenvalue weighted by atomic mass is 10.1. The van der Waals surface area contributed by atoms with Crippen molar-refractivity contribution in [3.8, 4) is 0 Å². The minimum Gasteiger partial charge on any atom is -0.350 e. The van der Waals surface area contributed by atoms with Gasteiger partial charge in [0.25, 0.3) is 15.9 Å². The van der Waals surface area contributed by atoms with Crippen molar-refractivity contribution < 1.29 is 22.4 Å². The Bertz CT molecular complexity index is 1210. The van der Waals surface area contributed by atoms with E-state index in [1.165, 1.54) is 30.3 Å². The Morgan fingerprint density at radius 3 is 2.38 bits per heavy atom. The molecule has 0 unspecified atom stereocenters. The number of carbonyl (C=O) groups excluding carboxylic acids is 2. The number of nitrogens with one attached hydrogen (secondary N) is 2. The second kappa shape index (κ2) is 9.92. The van der Waals surface area contributed by atoms with E-state index < -0.39 is 28.3 Å². The molecule has 2 N–H and O–H groups in total. The van der Waals surface area contributed by atoms with Crippen molar-refractivity contribution in [2.24, 2.45) is 0 Å². The van der Waals surface area contributed by atoms with Crippen molar-refractivity contribution in [3.63, 3.8) is 0 Å². The smallest absolute Gasteiger partial charge is 0.274 e. The molecule has 0 saturated carbocycles. The van der Waals surface area contributed by atoms with E-state index in [1.54, 1.807) is 43.5 Å². The van der Waals surface area contributed by atoms with Crippen LogP contribution in [0.1, 0.15) is 24.2 Å². The number of halogens is 1. The average Bonchev–Trinajstić information content (AvgIpc) is 3.28. The van der Waals surface area contributed by atoms with E-state index in [9.17, 15) is 22.4 Å². The predicted molar refractivity (Wildman–Crippen MR) is 123 cm³/mol. The summed E-state index contributed by atoms with van der Waals surface area (Å²) in [6, 6.07) is 14.5. The zero-order valence-electron chi connectivity index (χ0n) is 17.4. The van der Waals surface area contributed by atoms with Crippen molar-refractivity contribution in [2.45, 2.75) is 24.1 Å². The van der Waals surface area contributed by atoms with Crippen LogP contribution in [-0.4, -0.2) is 32.8 Å². The number of rotatable bonds is 8. The van der Waals surface area contributed by atoms with Gasteiger partial charge in [-0.3, -0.25) is 13.9 Å². The maximum Gasteiger partial charge on any atom is 0.274 e. The molecule has 0 atom stereocenters. The molecule has 7 nitrogen and oxygen atoms in total. The Kier molecular flexibility index (Phi) is 7.26. The molecule has 0 radical (unpaired) electrons. The average molecular weight is 476 g/mol. The summed E-state index contributed by atoms with van der Waals surface area (Å²) in [4.78, 5) is 25.3. The molecule has 1 heterocycles. The van der Waals surface area contributed by atoms with Gasteiger partial charge >= 0.3 is 0 Å². The second-order valence-electron chi connectivity index (χ2n) is 7.12. The first-order chi connectivity index (χ1) is 15.2. The Labute approximate surface area is 189 Å². The van der Waals surface area contributed by atoms with Gasteiger partial charge in [-0.1, -0.05) is 30.3 Å². The van der Waals surface area contributed by atoms with Crippen LogP contribution >= 0.6 is 11.3 Å². The summed E-state index contributed by atoms with van der Waals surface area (Å²) in [7, 11) is -4.19. The first-order valence-electron chi connectivity index (χ1n) is 9.70. The number of nitrogens with zero attached hydrogens (tertiary/aromatic N) is 1. The van der Waals surface area contributed by atoms with E-state index in [-0.39, 0.29) is 33.1 Å². The minimum absolute atomic E-state index is 0.0229. The molecule has 0 fully saturated rings. The molecule has 0 bridgehead atoms. The number of sulfonamides is 1. The Morgan fingerprint density at radius 2 is 1.72 bits per heavy atom. The number of hydrogen-bond acceptors (Lipinski definition) is 5. The van der Waals surface area contributed by atoms with Crippen LogP contribution in [0, 0.1) is 5.82 Å². The molecule has 168 valence electrons. The standard InChI is InChI=1S/C22H22FN3O4S2/c1-15(2)24-22(28)16-8-3-5-10-18(16)25-20(27)14-26(19-11-6-4-9-17(19)23)32(29,30)21-12-7-13-31-21/h3-13,15H,14H2,1-2H3,(H,24,28)(H,25,27). The third-order valence-corrected chi connectivity index (χ3v) is 7.45. The molecular formula is C22H22FN3O4S2. The highest BCUT2D eigenvalue weighted by Gasteiger charge is 2.30. The summed E-state index contributed by atoms with van der Waals surface area (Å²) in [5, 5.41) is 6.90. The quantitative estimate of drug-likeness (QED) is 0.517. The summed E-state index contributed by atoms with van der Waals surface area (Å²) in [5.74, 6) is -1.89. The van der Waals surface area contributed by atoms with E-state index in [0.717, 1.165) is 21.7 Å². The molecule has 32 heavy (non-hydrogen) atoms. The van der Waals surface area contributed by atoms with Crippen molar-refractivity contribution >= 4 is 44.5 Å². The van der Waals surface area contributed by atoms with E-state index in [1.807, 2.05) is 0 Å². The van der Waals surface area contributed by atoms with Gasteiger partial charge in [-0.2, -0.15) is 0 Å². The highest BCUT2D eigenvalue weighted by molar-refractivity contribution is 7.94. The van der Waals surface area contributed by atoms with Crippen molar-refractivity contribution in [3.05, 3.63) is 77.4 Å². The van der Waals surface area contributed by atoms with Crippen LogP contribution in [0.25, 0.3) is 0 Å². The third kappa shape index (κ3) is 5.32. The van der Waals surface area contributed by atoms with E-state index in [4.69, 9.17) is 0 Å². The van der Waals surface area contributed by atoms with Crippen molar-refractivity contribution in [2.75, 3.05) is 16.2 Å². The number of anilines is 2. The monoisotopic (exact) mass is 475 g/mol. The van der Waals surface area contributed by atoms with Crippen molar-refractivity contribution in [1.29, 1.82) is 0 Å². The molecule has 0 saturated heterocycles. The number of hydrogen-bond donors (Lipinski definition) is 2. The van der Waals surface area contributed by atoms with Gasteiger partial charge in [0.2, 0.25) is 5.91 Å². The second-order valence-corrected chi connectivity index (χ2v) is 10.2. The molecule has 0 aliphatic heterocycles. The largest absolute Gasteiger partial charge is 0.350 e. The van der Waals surface area contributed by atoms with Crippen LogP contribution in [-0.2, 0) is 14.8 Å². The molecule has 2 amide bonds. The fraction of sp³-hybridized carbons (Fsp3) is 0.182. The molecule has 0 spiro atoms. The lowest BCUT2D eigenvalue weighted by Crippen LogP contribution is -2.38. The van der Waals surface area contributed by atoms with Crippen LogP contribution in [0.4, 0.5) is 15.8 Å².